The van der Waals surface area contributed by atoms with Gasteiger partial charge in [-0.25, -0.2) is 0 Å². The number of ketones is 1. The fourth-order valence-electron chi connectivity index (χ4n) is 3.51. The minimum absolute atomic E-state index is 0.0471. The maximum atomic E-state index is 13.2. The van der Waals surface area contributed by atoms with E-state index in [0.717, 1.165) is 46.1 Å². The van der Waals surface area contributed by atoms with E-state index < -0.39 is 0 Å². The summed E-state index contributed by atoms with van der Waals surface area (Å²) in [5.74, 6) is 0.361. The van der Waals surface area contributed by atoms with E-state index in [1.54, 1.807) is 0 Å². The molecular formula is C23H20O2. The van der Waals surface area contributed by atoms with Crippen LogP contribution in [-0.4, -0.2) is 5.78 Å². The number of rotatable bonds is 4. The number of carbonyl (C=O) groups excluding carboxylic acids is 1. The summed E-state index contributed by atoms with van der Waals surface area (Å²) in [6.45, 7) is 4.16. The number of aryl methyl sites for hydroxylation is 2. The molecule has 2 aromatic rings. The van der Waals surface area contributed by atoms with Gasteiger partial charge in [0.15, 0.2) is 5.76 Å². The first-order chi connectivity index (χ1) is 12.2. The Morgan fingerprint density at radius 1 is 0.960 bits per heavy atom. The van der Waals surface area contributed by atoms with Gasteiger partial charge in [-0.2, -0.15) is 0 Å². The minimum atomic E-state index is -0.0471. The number of fused-ring (bicyclic) bond motifs is 2. The second-order valence-corrected chi connectivity index (χ2v) is 6.50. The molecule has 0 spiro atoms. The molecule has 124 valence electrons. The van der Waals surface area contributed by atoms with Crippen molar-refractivity contribution in [3.05, 3.63) is 83.1 Å². The van der Waals surface area contributed by atoms with E-state index in [1.165, 1.54) is 5.56 Å². The van der Waals surface area contributed by atoms with Crippen LogP contribution in [0.2, 0.25) is 0 Å². The Bertz CT molecular complexity index is 1040. The summed E-state index contributed by atoms with van der Waals surface area (Å²) in [5, 5.41) is 0.971. The smallest absolute Gasteiger partial charge is 0.228 e. The molecule has 25 heavy (non-hydrogen) atoms. The van der Waals surface area contributed by atoms with Gasteiger partial charge >= 0.3 is 0 Å². The van der Waals surface area contributed by atoms with Crippen molar-refractivity contribution in [3.8, 4) is 11.1 Å². The fourth-order valence-corrected chi connectivity index (χ4v) is 3.51. The Morgan fingerprint density at radius 3 is 2.52 bits per heavy atom. The average Bonchev–Trinajstić information content (AvgIpc) is 3.10. The first kappa shape index (κ1) is 15.6. The highest BCUT2D eigenvalue weighted by molar-refractivity contribution is 6.14. The van der Waals surface area contributed by atoms with Crippen LogP contribution < -0.4 is 0 Å². The van der Waals surface area contributed by atoms with Crippen LogP contribution in [-0.2, 0) is 6.42 Å². The van der Waals surface area contributed by atoms with Crippen molar-refractivity contribution in [1.29, 1.82) is 0 Å². The van der Waals surface area contributed by atoms with Crippen LogP contribution in [0.4, 0.5) is 0 Å². The molecule has 0 unspecified atom stereocenters. The maximum absolute atomic E-state index is 13.2. The lowest BCUT2D eigenvalue weighted by Gasteiger charge is -2.00. The average molecular weight is 328 g/mol. The first-order valence-corrected chi connectivity index (χ1v) is 8.73. The molecule has 1 aromatic carbocycles. The summed E-state index contributed by atoms with van der Waals surface area (Å²) >= 11 is 0. The fraction of sp³-hybridized carbons (Fsp3) is 0.174. The summed E-state index contributed by atoms with van der Waals surface area (Å²) in [7, 11) is 0. The molecule has 2 aliphatic carbocycles. The van der Waals surface area contributed by atoms with Gasteiger partial charge in [-0.05, 0) is 47.7 Å². The summed E-state index contributed by atoms with van der Waals surface area (Å²) in [6, 6.07) is 20.0. The molecule has 0 atom stereocenters. The Balaban J connectivity index is 1.86. The van der Waals surface area contributed by atoms with Crippen LogP contribution in [0.3, 0.4) is 0 Å². The normalized spacial score (nSPS) is 11.3. The number of furan rings is 1. The molecule has 0 N–H and O–H groups in total. The first-order valence-electron chi connectivity index (χ1n) is 8.73. The quantitative estimate of drug-likeness (QED) is 0.428. The van der Waals surface area contributed by atoms with Gasteiger partial charge in [0, 0.05) is 10.9 Å². The predicted octanol–water partition coefficient (Wildman–Crippen LogP) is 6.03. The topological polar surface area (TPSA) is 30.2 Å². The van der Waals surface area contributed by atoms with Crippen molar-refractivity contribution in [2.75, 3.05) is 0 Å². The van der Waals surface area contributed by atoms with Crippen LogP contribution in [0.1, 0.15) is 40.6 Å². The van der Waals surface area contributed by atoms with Gasteiger partial charge < -0.3 is 4.42 Å². The maximum Gasteiger partial charge on any atom is 0.228 e. The second kappa shape index (κ2) is 6.21. The lowest BCUT2D eigenvalue weighted by molar-refractivity contribution is 0.101. The predicted molar refractivity (Wildman–Crippen MR) is 101 cm³/mol. The van der Waals surface area contributed by atoms with E-state index in [1.807, 2.05) is 61.5 Å². The lowest BCUT2D eigenvalue weighted by Crippen LogP contribution is -1.98. The minimum Gasteiger partial charge on any atom is -0.452 e. The monoisotopic (exact) mass is 328 g/mol. The van der Waals surface area contributed by atoms with E-state index in [4.69, 9.17) is 4.42 Å². The molecule has 1 aromatic heterocycles. The highest BCUT2D eigenvalue weighted by Crippen LogP contribution is 2.35. The van der Waals surface area contributed by atoms with E-state index in [-0.39, 0.29) is 5.78 Å². The van der Waals surface area contributed by atoms with Crippen LogP contribution in [0.5, 0.6) is 0 Å². The van der Waals surface area contributed by atoms with Gasteiger partial charge in [0.25, 0.3) is 0 Å². The molecule has 0 bridgehead atoms. The lowest BCUT2D eigenvalue weighted by atomic mass is 10.0. The standard InChI is InChI=1S/C23H20O2/c1-3-8-16-13-20(19-12-6-4-5-11-18(16)19)22(24)21-14-17-10-7-9-15(2)23(17)25-21/h4-7,9-14H,3,8H2,1-2H3. The Kier molecular flexibility index (Phi) is 3.89. The van der Waals surface area contributed by atoms with Crippen LogP contribution in [0.25, 0.3) is 22.1 Å². The van der Waals surface area contributed by atoms with E-state index in [2.05, 4.69) is 13.0 Å². The van der Waals surface area contributed by atoms with Crippen molar-refractivity contribution in [2.24, 2.45) is 0 Å². The van der Waals surface area contributed by atoms with E-state index in [9.17, 15) is 4.79 Å². The number of hydrogen-bond acceptors (Lipinski definition) is 2. The van der Waals surface area contributed by atoms with Gasteiger partial charge in [-0.3, -0.25) is 4.79 Å². The highest BCUT2D eigenvalue weighted by Gasteiger charge is 2.23. The molecule has 4 rings (SSSR count). The van der Waals surface area contributed by atoms with Gasteiger partial charge in [-0.15, -0.1) is 0 Å². The van der Waals surface area contributed by atoms with Gasteiger partial charge in [0.05, 0.1) is 0 Å². The zero-order valence-electron chi connectivity index (χ0n) is 14.5. The number of benzene rings is 1. The number of para-hydroxylation sites is 1. The zero-order valence-corrected chi connectivity index (χ0v) is 14.5. The van der Waals surface area contributed by atoms with Crippen molar-refractivity contribution >= 4 is 16.8 Å². The largest absolute Gasteiger partial charge is 0.452 e. The molecule has 2 nitrogen and oxygen atoms in total. The Morgan fingerprint density at radius 2 is 1.76 bits per heavy atom. The van der Waals surface area contributed by atoms with Crippen LogP contribution in [0, 0.1) is 6.92 Å². The Hall–Kier alpha value is -2.87. The van der Waals surface area contributed by atoms with E-state index in [0.29, 0.717) is 5.76 Å². The molecule has 0 aliphatic heterocycles. The molecule has 0 fully saturated rings. The molecule has 0 amide bonds. The van der Waals surface area contributed by atoms with Crippen molar-refractivity contribution < 1.29 is 9.21 Å². The molecule has 0 radical (unpaired) electrons. The van der Waals surface area contributed by atoms with Crippen molar-refractivity contribution in [1.82, 2.24) is 0 Å². The molecule has 0 saturated carbocycles. The van der Waals surface area contributed by atoms with Crippen molar-refractivity contribution in [3.63, 3.8) is 0 Å². The molecule has 0 saturated heterocycles. The van der Waals surface area contributed by atoms with Crippen LogP contribution >= 0.6 is 0 Å². The van der Waals surface area contributed by atoms with E-state index >= 15 is 0 Å². The number of carbonyl (C=O) groups is 1. The third-order valence-corrected chi connectivity index (χ3v) is 4.72. The summed E-state index contributed by atoms with van der Waals surface area (Å²) < 4.78 is 5.91. The molecule has 2 aliphatic rings. The summed E-state index contributed by atoms with van der Waals surface area (Å²) in [5.41, 5.74) is 5.94. The molecule has 2 heteroatoms. The van der Waals surface area contributed by atoms with Gasteiger partial charge in [-0.1, -0.05) is 61.9 Å². The molecule has 1 heterocycles. The van der Waals surface area contributed by atoms with Gasteiger partial charge in [0.1, 0.15) is 5.58 Å². The molecular weight excluding hydrogens is 308 g/mol. The number of hydrogen-bond donors (Lipinski definition) is 0. The zero-order chi connectivity index (χ0) is 17.4. The van der Waals surface area contributed by atoms with Crippen molar-refractivity contribution in [2.45, 2.75) is 26.7 Å². The Labute approximate surface area is 147 Å². The third-order valence-electron chi connectivity index (χ3n) is 4.72. The summed E-state index contributed by atoms with van der Waals surface area (Å²) in [4.78, 5) is 13.2. The van der Waals surface area contributed by atoms with Gasteiger partial charge in [0.2, 0.25) is 5.78 Å². The SMILES string of the molecule is CCCc1cc(C(=O)c2cc3cccc(C)c3o2)c2cccccc1-2. The third kappa shape index (κ3) is 2.64. The second-order valence-electron chi connectivity index (χ2n) is 6.50. The van der Waals surface area contributed by atoms with Crippen LogP contribution in [0.15, 0.2) is 65.1 Å². The summed E-state index contributed by atoms with van der Waals surface area (Å²) in [6.07, 6.45) is 2.02. The highest BCUT2D eigenvalue weighted by atomic mass is 16.3.